The lowest BCUT2D eigenvalue weighted by molar-refractivity contribution is 0.368. The minimum atomic E-state index is -1.20. The number of fused-ring (bicyclic) bond motifs is 1. The minimum absolute atomic E-state index is 0.182. The first-order valence-electron chi connectivity index (χ1n) is 6.19. The van der Waals surface area contributed by atoms with Gasteiger partial charge in [-0.1, -0.05) is 0 Å². The summed E-state index contributed by atoms with van der Waals surface area (Å²) < 4.78 is 32.1. The first-order valence-corrected chi connectivity index (χ1v) is 6.19. The number of halogens is 2. The second-order valence-electron chi connectivity index (χ2n) is 4.73. The summed E-state index contributed by atoms with van der Waals surface area (Å²) in [4.78, 5) is 12.0. The highest BCUT2D eigenvalue weighted by Crippen LogP contribution is 2.41. The zero-order valence-corrected chi connectivity index (χ0v) is 11.2. The van der Waals surface area contributed by atoms with Gasteiger partial charge in [-0.2, -0.15) is 0 Å². The lowest BCUT2D eigenvalue weighted by atomic mass is 10.1. The SMILES string of the molecule is O=c1c(O)c(-c2cc(O)c(O)c(O)c2)oc2cc(F)cc(F)c12. The quantitative estimate of drug-likeness (QED) is 0.512. The Balaban J connectivity index is 2.40. The Morgan fingerprint density at radius 2 is 1.48 bits per heavy atom. The molecule has 23 heavy (non-hydrogen) atoms. The van der Waals surface area contributed by atoms with Crippen molar-refractivity contribution in [1.29, 1.82) is 0 Å². The molecule has 0 amide bonds. The zero-order valence-electron chi connectivity index (χ0n) is 11.2. The van der Waals surface area contributed by atoms with Crippen LogP contribution in [0.4, 0.5) is 8.78 Å². The number of benzene rings is 2. The maximum Gasteiger partial charge on any atom is 0.238 e. The summed E-state index contributed by atoms with van der Waals surface area (Å²) in [5.41, 5.74) is -1.79. The normalized spacial score (nSPS) is 11.0. The van der Waals surface area contributed by atoms with E-state index in [4.69, 9.17) is 4.42 Å². The van der Waals surface area contributed by atoms with Gasteiger partial charge in [0, 0.05) is 17.7 Å². The van der Waals surface area contributed by atoms with Crippen LogP contribution in [0.15, 0.2) is 33.5 Å². The molecule has 2 aromatic carbocycles. The molecule has 118 valence electrons. The summed E-state index contributed by atoms with van der Waals surface area (Å²) in [6.45, 7) is 0. The topological polar surface area (TPSA) is 111 Å². The Bertz CT molecular complexity index is 986. The standard InChI is InChI=1S/C15H8F2O6/c16-6-3-7(17)11-10(4-6)23-15(14(22)13(11)21)5-1-8(18)12(20)9(19)2-5/h1-4,18-20,22H. The van der Waals surface area contributed by atoms with Crippen molar-refractivity contribution >= 4 is 11.0 Å². The lowest BCUT2D eigenvalue weighted by Crippen LogP contribution is -2.05. The summed E-state index contributed by atoms with van der Waals surface area (Å²) in [6.07, 6.45) is 0. The van der Waals surface area contributed by atoms with Crippen molar-refractivity contribution in [1.82, 2.24) is 0 Å². The van der Waals surface area contributed by atoms with Gasteiger partial charge >= 0.3 is 0 Å². The van der Waals surface area contributed by atoms with Crippen molar-refractivity contribution in [2.45, 2.75) is 0 Å². The fourth-order valence-corrected chi connectivity index (χ4v) is 2.16. The molecule has 0 saturated heterocycles. The van der Waals surface area contributed by atoms with Crippen molar-refractivity contribution < 1.29 is 33.6 Å². The zero-order chi connectivity index (χ0) is 16.9. The Morgan fingerprint density at radius 1 is 0.870 bits per heavy atom. The van der Waals surface area contributed by atoms with Gasteiger partial charge in [0.15, 0.2) is 23.0 Å². The van der Waals surface area contributed by atoms with E-state index in [-0.39, 0.29) is 5.56 Å². The molecule has 0 saturated carbocycles. The smallest absolute Gasteiger partial charge is 0.238 e. The predicted octanol–water partition coefficient (Wildman–Crippen LogP) is 2.56. The molecule has 0 fully saturated rings. The average molecular weight is 322 g/mol. The van der Waals surface area contributed by atoms with Crippen LogP contribution in [-0.4, -0.2) is 20.4 Å². The number of phenolic OH excluding ortho intramolecular Hbond substituents is 3. The maximum absolute atomic E-state index is 13.7. The fourth-order valence-electron chi connectivity index (χ4n) is 2.16. The van der Waals surface area contributed by atoms with Crippen LogP contribution in [0.1, 0.15) is 0 Å². The maximum atomic E-state index is 13.7. The summed E-state index contributed by atoms with van der Waals surface area (Å²) in [5.74, 6) is -6.02. The number of aromatic hydroxyl groups is 4. The largest absolute Gasteiger partial charge is 0.504 e. The predicted molar refractivity (Wildman–Crippen MR) is 74.5 cm³/mol. The van der Waals surface area contributed by atoms with E-state index in [9.17, 15) is 34.0 Å². The van der Waals surface area contributed by atoms with Crippen molar-refractivity contribution in [2.24, 2.45) is 0 Å². The van der Waals surface area contributed by atoms with Crippen LogP contribution in [-0.2, 0) is 0 Å². The van der Waals surface area contributed by atoms with Gasteiger partial charge in [0.05, 0.1) is 0 Å². The molecule has 0 aliphatic rings. The summed E-state index contributed by atoms with van der Waals surface area (Å²) in [7, 11) is 0. The summed E-state index contributed by atoms with van der Waals surface area (Å²) in [6, 6.07) is 3.02. The van der Waals surface area contributed by atoms with Gasteiger partial charge in [-0.05, 0) is 12.1 Å². The number of hydrogen-bond donors (Lipinski definition) is 4. The fraction of sp³-hybridized carbons (Fsp3) is 0. The monoisotopic (exact) mass is 322 g/mol. The van der Waals surface area contributed by atoms with Crippen molar-refractivity contribution in [2.75, 3.05) is 0 Å². The third kappa shape index (κ3) is 2.20. The molecule has 0 unspecified atom stereocenters. The number of phenols is 3. The minimum Gasteiger partial charge on any atom is -0.504 e. The van der Waals surface area contributed by atoms with E-state index in [1.54, 1.807) is 0 Å². The molecule has 0 spiro atoms. The molecular formula is C15H8F2O6. The highest BCUT2D eigenvalue weighted by Gasteiger charge is 2.21. The molecule has 0 aliphatic heterocycles. The van der Waals surface area contributed by atoms with Crippen molar-refractivity contribution in [3.05, 3.63) is 46.1 Å². The Morgan fingerprint density at radius 3 is 2.09 bits per heavy atom. The molecule has 0 aliphatic carbocycles. The molecule has 3 aromatic rings. The van der Waals surface area contributed by atoms with Gasteiger partial charge in [-0.3, -0.25) is 4.79 Å². The molecule has 6 nitrogen and oxygen atoms in total. The first kappa shape index (κ1) is 14.6. The van der Waals surface area contributed by atoms with Crippen LogP contribution in [0, 0.1) is 11.6 Å². The highest BCUT2D eigenvalue weighted by molar-refractivity contribution is 5.83. The van der Waals surface area contributed by atoms with E-state index in [1.807, 2.05) is 0 Å². The van der Waals surface area contributed by atoms with E-state index in [2.05, 4.69) is 0 Å². The van der Waals surface area contributed by atoms with Crippen LogP contribution in [0.2, 0.25) is 0 Å². The van der Waals surface area contributed by atoms with Crippen LogP contribution in [0.25, 0.3) is 22.3 Å². The van der Waals surface area contributed by atoms with E-state index in [0.29, 0.717) is 6.07 Å². The molecule has 8 heteroatoms. The molecule has 0 radical (unpaired) electrons. The van der Waals surface area contributed by atoms with E-state index < -0.39 is 56.8 Å². The molecule has 0 atom stereocenters. The molecule has 1 aromatic heterocycles. The summed E-state index contributed by atoms with van der Waals surface area (Å²) in [5, 5.41) is 37.5. The van der Waals surface area contributed by atoms with E-state index in [0.717, 1.165) is 18.2 Å². The average Bonchev–Trinajstić information content (AvgIpc) is 2.47. The van der Waals surface area contributed by atoms with Crippen LogP contribution in [0.3, 0.4) is 0 Å². The Kier molecular flexibility index (Phi) is 3.10. The van der Waals surface area contributed by atoms with Crippen molar-refractivity contribution in [3.8, 4) is 34.3 Å². The van der Waals surface area contributed by atoms with Gasteiger partial charge in [-0.15, -0.1) is 0 Å². The second kappa shape index (κ2) is 4.87. The molecule has 3 rings (SSSR count). The lowest BCUT2D eigenvalue weighted by Gasteiger charge is -2.08. The molecule has 1 heterocycles. The van der Waals surface area contributed by atoms with Gasteiger partial charge in [-0.25, -0.2) is 8.78 Å². The molecular weight excluding hydrogens is 314 g/mol. The second-order valence-corrected chi connectivity index (χ2v) is 4.73. The molecule has 4 N–H and O–H groups in total. The molecule has 0 bridgehead atoms. The Labute approximate surface area is 126 Å². The van der Waals surface area contributed by atoms with Gasteiger partial charge < -0.3 is 24.8 Å². The summed E-state index contributed by atoms with van der Waals surface area (Å²) >= 11 is 0. The van der Waals surface area contributed by atoms with Crippen LogP contribution in [0.5, 0.6) is 23.0 Å². The van der Waals surface area contributed by atoms with Crippen molar-refractivity contribution in [3.63, 3.8) is 0 Å². The number of rotatable bonds is 1. The van der Waals surface area contributed by atoms with E-state index >= 15 is 0 Å². The van der Waals surface area contributed by atoms with Crippen LogP contribution >= 0.6 is 0 Å². The highest BCUT2D eigenvalue weighted by atomic mass is 19.1. The third-order valence-corrected chi connectivity index (χ3v) is 3.22. The van der Waals surface area contributed by atoms with Gasteiger partial charge in [0.1, 0.15) is 22.6 Å². The number of hydrogen-bond acceptors (Lipinski definition) is 6. The van der Waals surface area contributed by atoms with E-state index in [1.165, 1.54) is 0 Å². The Hall–Kier alpha value is -3.29. The van der Waals surface area contributed by atoms with Gasteiger partial charge in [0.2, 0.25) is 11.2 Å². The van der Waals surface area contributed by atoms with Crippen LogP contribution < -0.4 is 5.43 Å². The third-order valence-electron chi connectivity index (χ3n) is 3.22. The first-order chi connectivity index (χ1) is 10.8. The van der Waals surface area contributed by atoms with Gasteiger partial charge in [0.25, 0.3) is 0 Å².